The van der Waals surface area contributed by atoms with E-state index in [9.17, 15) is 0 Å². The third kappa shape index (κ3) is 6.07. The van der Waals surface area contributed by atoms with Crippen molar-refractivity contribution in [1.82, 2.24) is 15.0 Å². The first kappa shape index (κ1) is 37.5. The van der Waals surface area contributed by atoms with Crippen LogP contribution in [-0.2, 0) is 0 Å². The number of hydrogen-bond donors (Lipinski definition) is 0. The highest BCUT2D eigenvalue weighted by Gasteiger charge is 2.44. The molecule has 0 aliphatic carbocycles. The second kappa shape index (κ2) is 14.8. The molecule has 5 nitrogen and oxygen atoms in total. The summed E-state index contributed by atoms with van der Waals surface area (Å²) in [6.45, 7) is -0.103. The van der Waals surface area contributed by atoms with E-state index in [1.807, 2.05) is 36.4 Å². The number of fused-ring (bicyclic) bond motifs is 8. The highest BCUT2D eigenvalue weighted by molar-refractivity contribution is 7.00. The van der Waals surface area contributed by atoms with Gasteiger partial charge in [-0.05, 0) is 132 Å². The standard InChI is InChI=1S/C61H38BN5/c1-5-17-39(18-6-1)59-63-60(40-19-7-2-8-20-40)65-61(64-59)49-37-56-58-57(38-49)67(51-27-11-4-12-28-51)55-36-48-32-44-24-16-14-22-42(44)30-46(48)34-53(55)62(58)52-33-45-29-41-21-13-15-23-43(41)31-47(45)35-54(52)66(56)50-25-9-3-10-26-50/h1-38H. The van der Waals surface area contributed by atoms with Crippen molar-refractivity contribution in [3.8, 4) is 34.2 Å². The third-order valence-electron chi connectivity index (χ3n) is 13.7. The van der Waals surface area contributed by atoms with E-state index in [1.165, 1.54) is 59.5 Å². The Kier molecular flexibility index (Phi) is 8.31. The lowest BCUT2D eigenvalue weighted by molar-refractivity contribution is 1.07. The summed E-state index contributed by atoms with van der Waals surface area (Å²) in [5.74, 6) is 1.86. The first-order chi connectivity index (χ1) is 33.2. The van der Waals surface area contributed by atoms with Gasteiger partial charge >= 0.3 is 0 Å². The Hall–Kier alpha value is -8.87. The summed E-state index contributed by atoms with van der Waals surface area (Å²) in [6.07, 6.45) is 0. The van der Waals surface area contributed by atoms with Crippen LogP contribution in [0.4, 0.5) is 34.1 Å². The molecule has 67 heavy (non-hydrogen) atoms. The van der Waals surface area contributed by atoms with Crippen molar-refractivity contribution in [3.05, 3.63) is 231 Å². The predicted molar refractivity (Wildman–Crippen MR) is 280 cm³/mol. The molecule has 0 radical (unpaired) electrons. The smallest absolute Gasteiger partial charge is 0.252 e. The van der Waals surface area contributed by atoms with Crippen LogP contribution in [-0.4, -0.2) is 21.7 Å². The fourth-order valence-corrected chi connectivity index (χ4v) is 10.6. The molecule has 12 aromatic rings. The number of hydrogen-bond acceptors (Lipinski definition) is 5. The van der Waals surface area contributed by atoms with E-state index < -0.39 is 0 Å². The van der Waals surface area contributed by atoms with Crippen molar-refractivity contribution in [2.75, 3.05) is 9.80 Å². The molecule has 0 N–H and O–H groups in total. The topological polar surface area (TPSA) is 45.2 Å². The van der Waals surface area contributed by atoms with E-state index in [4.69, 9.17) is 15.0 Å². The van der Waals surface area contributed by atoms with Crippen LogP contribution in [0.3, 0.4) is 0 Å². The molecule has 0 spiro atoms. The number of aromatic nitrogens is 3. The molecule has 2 aliphatic heterocycles. The highest BCUT2D eigenvalue weighted by atomic mass is 15.2. The lowest BCUT2D eigenvalue weighted by atomic mass is 9.33. The third-order valence-corrected chi connectivity index (χ3v) is 13.7. The Morgan fingerprint density at radius 2 is 0.597 bits per heavy atom. The average Bonchev–Trinajstić information content (AvgIpc) is 3.39. The van der Waals surface area contributed by atoms with E-state index >= 15 is 0 Å². The quantitative estimate of drug-likeness (QED) is 0.127. The summed E-state index contributed by atoms with van der Waals surface area (Å²) in [4.78, 5) is 20.7. The Morgan fingerprint density at radius 3 is 0.985 bits per heavy atom. The minimum atomic E-state index is -0.103. The number of anilines is 6. The summed E-state index contributed by atoms with van der Waals surface area (Å²) in [5.41, 5.74) is 13.2. The van der Waals surface area contributed by atoms with Crippen molar-refractivity contribution in [2.45, 2.75) is 0 Å². The van der Waals surface area contributed by atoms with Crippen LogP contribution in [0.2, 0.25) is 0 Å². The maximum atomic E-state index is 5.33. The Bertz CT molecular complexity index is 3690. The molecule has 1 aromatic heterocycles. The van der Waals surface area contributed by atoms with Gasteiger partial charge in [0.25, 0.3) is 6.71 Å². The zero-order valence-corrected chi connectivity index (χ0v) is 36.3. The number of benzene rings is 11. The lowest BCUT2D eigenvalue weighted by Crippen LogP contribution is -2.61. The molecule has 3 heterocycles. The summed E-state index contributed by atoms with van der Waals surface area (Å²) in [6, 6.07) is 83.3. The van der Waals surface area contributed by atoms with Gasteiger partial charge < -0.3 is 9.80 Å². The Labute approximate surface area is 388 Å². The van der Waals surface area contributed by atoms with Crippen molar-refractivity contribution in [2.24, 2.45) is 0 Å². The second-order valence-corrected chi connectivity index (χ2v) is 17.7. The van der Waals surface area contributed by atoms with E-state index in [0.29, 0.717) is 17.5 Å². The minimum absolute atomic E-state index is 0.103. The molecule has 0 bridgehead atoms. The van der Waals surface area contributed by atoms with Gasteiger partial charge in [0.15, 0.2) is 17.5 Å². The average molecular weight is 852 g/mol. The van der Waals surface area contributed by atoms with Crippen molar-refractivity contribution >= 4 is 100 Å². The minimum Gasteiger partial charge on any atom is -0.311 e. The molecule has 0 saturated carbocycles. The molecule has 0 amide bonds. The van der Waals surface area contributed by atoms with Gasteiger partial charge in [0, 0.05) is 50.8 Å². The van der Waals surface area contributed by atoms with Crippen LogP contribution >= 0.6 is 0 Å². The maximum Gasteiger partial charge on any atom is 0.252 e. The van der Waals surface area contributed by atoms with Gasteiger partial charge in [0.2, 0.25) is 0 Å². The molecule has 0 saturated heterocycles. The molecule has 310 valence electrons. The van der Waals surface area contributed by atoms with Gasteiger partial charge in [-0.15, -0.1) is 0 Å². The summed E-state index contributed by atoms with van der Waals surface area (Å²) < 4.78 is 0. The fraction of sp³-hybridized carbons (Fsp3) is 0. The number of rotatable bonds is 5. The van der Waals surface area contributed by atoms with E-state index in [1.54, 1.807) is 0 Å². The van der Waals surface area contributed by atoms with Crippen molar-refractivity contribution in [3.63, 3.8) is 0 Å². The van der Waals surface area contributed by atoms with E-state index in [2.05, 4.69) is 204 Å². The van der Waals surface area contributed by atoms with Crippen molar-refractivity contribution < 1.29 is 0 Å². The first-order valence-corrected chi connectivity index (χ1v) is 22.9. The summed E-state index contributed by atoms with van der Waals surface area (Å²) in [7, 11) is 0. The monoisotopic (exact) mass is 851 g/mol. The SMILES string of the molecule is c1ccc(-c2nc(-c3ccccc3)nc(-c3cc4c5c(c3)N(c3ccccc3)c3cc6cc7ccccc7cc6cc3B5c3cc5cc6ccccc6cc5cc3N4c3ccccc3)n2)cc1. The van der Waals surface area contributed by atoms with Gasteiger partial charge in [-0.25, -0.2) is 15.0 Å². The number of nitrogens with zero attached hydrogens (tertiary/aromatic N) is 5. The van der Waals surface area contributed by atoms with Crippen LogP contribution in [0.5, 0.6) is 0 Å². The normalized spacial score (nSPS) is 12.7. The largest absolute Gasteiger partial charge is 0.311 e. The van der Waals surface area contributed by atoms with E-state index in [-0.39, 0.29) is 6.71 Å². The van der Waals surface area contributed by atoms with Crippen LogP contribution in [0, 0.1) is 0 Å². The van der Waals surface area contributed by atoms with Crippen molar-refractivity contribution in [1.29, 1.82) is 0 Å². The lowest BCUT2D eigenvalue weighted by Gasteiger charge is -2.44. The zero-order chi connectivity index (χ0) is 44.0. The first-order valence-electron chi connectivity index (χ1n) is 22.9. The maximum absolute atomic E-state index is 5.33. The Balaban J connectivity index is 1.12. The fourth-order valence-electron chi connectivity index (χ4n) is 10.6. The zero-order valence-electron chi connectivity index (χ0n) is 36.3. The van der Waals surface area contributed by atoms with Gasteiger partial charge in [-0.2, -0.15) is 0 Å². The molecule has 0 fully saturated rings. The molecule has 2 aliphatic rings. The molecular weight excluding hydrogens is 814 g/mol. The van der Waals surface area contributed by atoms with Gasteiger partial charge in [-0.1, -0.05) is 158 Å². The molecule has 11 aromatic carbocycles. The van der Waals surface area contributed by atoms with Gasteiger partial charge in [0.05, 0.1) is 0 Å². The molecular formula is C61H38BN5. The molecule has 14 rings (SSSR count). The van der Waals surface area contributed by atoms with Crippen LogP contribution in [0.25, 0.3) is 77.3 Å². The van der Waals surface area contributed by atoms with Gasteiger partial charge in [0.1, 0.15) is 0 Å². The predicted octanol–water partition coefficient (Wildman–Crippen LogP) is 13.6. The molecule has 6 heteroatoms. The molecule has 0 unspecified atom stereocenters. The summed E-state index contributed by atoms with van der Waals surface area (Å²) in [5, 5.41) is 9.74. The van der Waals surface area contributed by atoms with Crippen LogP contribution in [0.15, 0.2) is 231 Å². The second-order valence-electron chi connectivity index (χ2n) is 17.7. The van der Waals surface area contributed by atoms with Crippen LogP contribution in [0.1, 0.15) is 0 Å². The molecule has 0 atom stereocenters. The van der Waals surface area contributed by atoms with Crippen LogP contribution < -0.4 is 26.2 Å². The highest BCUT2D eigenvalue weighted by Crippen LogP contribution is 2.47. The number of para-hydroxylation sites is 2. The van der Waals surface area contributed by atoms with E-state index in [0.717, 1.165) is 50.8 Å². The Morgan fingerprint density at radius 1 is 0.269 bits per heavy atom. The van der Waals surface area contributed by atoms with Gasteiger partial charge in [-0.3, -0.25) is 0 Å². The summed E-state index contributed by atoms with van der Waals surface area (Å²) >= 11 is 0.